The molecule has 1 saturated carbocycles. The fraction of sp³-hybridized carbons (Fsp3) is 0.481. The summed E-state index contributed by atoms with van der Waals surface area (Å²) in [6.07, 6.45) is 6.20. The van der Waals surface area contributed by atoms with Crippen LogP contribution in [0.4, 0.5) is 10.1 Å². The summed E-state index contributed by atoms with van der Waals surface area (Å²) in [6, 6.07) is 8.38. The quantitative estimate of drug-likeness (QED) is 0.471. The van der Waals surface area contributed by atoms with Gasteiger partial charge < -0.3 is 14.7 Å². The predicted molar refractivity (Wildman–Crippen MR) is 142 cm³/mol. The van der Waals surface area contributed by atoms with Gasteiger partial charge >= 0.3 is 0 Å². The van der Waals surface area contributed by atoms with Gasteiger partial charge in [-0.2, -0.15) is 4.36 Å². The lowest BCUT2D eigenvalue weighted by Gasteiger charge is -2.27. The Balaban J connectivity index is 1.64. The molecule has 1 N–H and O–H groups in total. The van der Waals surface area contributed by atoms with Gasteiger partial charge in [-0.15, -0.1) is 0 Å². The maximum absolute atomic E-state index is 14.1. The number of aryl methyl sites for hydroxylation is 1. The van der Waals surface area contributed by atoms with Gasteiger partial charge in [-0.3, -0.25) is 0 Å². The number of ether oxygens (including phenoxy) is 1. The topological polar surface area (TPSA) is 87.9 Å². The number of benzene rings is 2. The maximum Gasteiger partial charge on any atom is 0.126 e. The molecule has 1 heterocycles. The Kier molecular flexibility index (Phi) is 8.22. The predicted octanol–water partition coefficient (Wildman–Crippen LogP) is 4.64. The van der Waals surface area contributed by atoms with Gasteiger partial charge in [0.2, 0.25) is 0 Å². The molecule has 0 bridgehead atoms. The minimum absolute atomic E-state index is 0.0432. The molecule has 0 aliphatic heterocycles. The molecule has 1 aromatic heterocycles. The summed E-state index contributed by atoms with van der Waals surface area (Å²) in [5, 5.41) is 10.7. The SMILES string of the molecule is Cc1cc(N=S(C)(=O)CCN(C)C)cc2ncnc(Cc3ccc(F)cc3OC3CCC(O)CC3)c12. The lowest BCUT2D eigenvalue weighted by molar-refractivity contribution is 0.0660. The van der Waals surface area contributed by atoms with Gasteiger partial charge in [-0.1, -0.05) is 6.07 Å². The molecule has 3 aromatic rings. The van der Waals surface area contributed by atoms with Gasteiger partial charge in [0.1, 0.15) is 17.9 Å². The molecule has 1 fully saturated rings. The van der Waals surface area contributed by atoms with Crippen molar-refractivity contribution in [1.82, 2.24) is 14.9 Å². The van der Waals surface area contributed by atoms with Crippen LogP contribution < -0.4 is 4.74 Å². The molecule has 0 saturated heterocycles. The van der Waals surface area contributed by atoms with Crippen LogP contribution in [0.5, 0.6) is 5.75 Å². The van der Waals surface area contributed by atoms with Crippen LogP contribution in [-0.4, -0.2) is 69.0 Å². The Labute approximate surface area is 212 Å². The van der Waals surface area contributed by atoms with Crippen molar-refractivity contribution in [2.45, 2.75) is 51.2 Å². The van der Waals surface area contributed by atoms with Crippen LogP contribution in [-0.2, 0) is 16.1 Å². The Bertz CT molecular complexity index is 1350. The highest BCUT2D eigenvalue weighted by atomic mass is 32.2. The van der Waals surface area contributed by atoms with Crippen molar-refractivity contribution in [3.05, 3.63) is 59.3 Å². The lowest BCUT2D eigenvalue weighted by Crippen LogP contribution is -2.26. The number of aliphatic hydroxyl groups excluding tert-OH is 1. The van der Waals surface area contributed by atoms with E-state index in [1.807, 2.05) is 38.1 Å². The summed E-state index contributed by atoms with van der Waals surface area (Å²) in [4.78, 5) is 11.0. The van der Waals surface area contributed by atoms with Crippen molar-refractivity contribution in [2.24, 2.45) is 4.36 Å². The van der Waals surface area contributed by atoms with Crippen LogP contribution in [0.15, 0.2) is 41.0 Å². The van der Waals surface area contributed by atoms with E-state index in [-0.39, 0.29) is 18.0 Å². The standard InChI is InChI=1S/C27H35FN4O3S/c1-18-13-21(31-36(4,34)12-11-32(2)3)16-25-27(18)24(29-17-30-25)14-19-5-6-20(28)15-26(19)35-23-9-7-22(33)8-10-23/h5-6,13,15-17,22-23,33H,7-12,14H2,1-4H3. The first-order chi connectivity index (χ1) is 17.1. The minimum Gasteiger partial charge on any atom is -0.490 e. The van der Waals surface area contributed by atoms with Gasteiger partial charge in [-0.05, 0) is 70.5 Å². The van der Waals surface area contributed by atoms with E-state index in [1.54, 1.807) is 12.3 Å². The van der Waals surface area contributed by atoms with Gasteiger partial charge in [-0.25, -0.2) is 18.6 Å². The molecule has 7 nitrogen and oxygen atoms in total. The van der Waals surface area contributed by atoms with Gasteiger partial charge in [0.05, 0.1) is 29.1 Å². The molecule has 1 atom stereocenters. The number of fused-ring (bicyclic) bond motifs is 1. The monoisotopic (exact) mass is 514 g/mol. The van der Waals surface area contributed by atoms with Crippen LogP contribution in [0.3, 0.4) is 0 Å². The minimum atomic E-state index is -2.38. The molecule has 2 aromatic carbocycles. The molecular formula is C27H35FN4O3S. The summed E-state index contributed by atoms with van der Waals surface area (Å²) in [5.74, 6) is 0.649. The Morgan fingerprint density at radius 2 is 1.92 bits per heavy atom. The molecule has 4 rings (SSSR count). The number of aromatic nitrogens is 2. The van der Waals surface area contributed by atoms with Crippen LogP contribution in [0, 0.1) is 12.7 Å². The van der Waals surface area contributed by atoms with Crippen molar-refractivity contribution in [1.29, 1.82) is 0 Å². The Morgan fingerprint density at radius 3 is 2.64 bits per heavy atom. The van der Waals surface area contributed by atoms with Crippen LogP contribution in [0.1, 0.15) is 42.5 Å². The highest BCUT2D eigenvalue weighted by Crippen LogP contribution is 2.32. The second-order valence-corrected chi connectivity index (χ2v) is 12.5. The largest absolute Gasteiger partial charge is 0.490 e. The number of nitrogens with zero attached hydrogens (tertiary/aromatic N) is 4. The molecular weight excluding hydrogens is 479 g/mol. The molecule has 0 spiro atoms. The summed E-state index contributed by atoms with van der Waals surface area (Å²) in [5.41, 5.74) is 3.96. The molecule has 1 aliphatic carbocycles. The summed E-state index contributed by atoms with van der Waals surface area (Å²) in [6.45, 7) is 2.67. The first-order valence-corrected chi connectivity index (χ1v) is 14.4. The fourth-order valence-corrected chi connectivity index (χ4v) is 5.91. The molecule has 0 radical (unpaired) electrons. The number of hydrogen-bond acceptors (Lipinski definition) is 7. The van der Waals surface area contributed by atoms with Gasteiger partial charge in [0.25, 0.3) is 0 Å². The van der Waals surface area contributed by atoms with E-state index in [9.17, 15) is 13.7 Å². The third-order valence-corrected chi connectivity index (χ3v) is 8.08. The molecule has 194 valence electrons. The zero-order valence-electron chi connectivity index (χ0n) is 21.4. The molecule has 0 amide bonds. The number of halogens is 1. The third kappa shape index (κ3) is 6.78. The summed E-state index contributed by atoms with van der Waals surface area (Å²) >= 11 is 0. The van der Waals surface area contributed by atoms with E-state index in [0.29, 0.717) is 43.0 Å². The number of rotatable bonds is 8. The normalized spacial score (nSPS) is 19.9. The first kappa shape index (κ1) is 26.4. The third-order valence-electron chi connectivity index (χ3n) is 6.54. The van der Waals surface area contributed by atoms with Gasteiger partial charge in [0.15, 0.2) is 0 Å². The summed E-state index contributed by atoms with van der Waals surface area (Å²) in [7, 11) is 1.52. The number of aliphatic hydroxyl groups is 1. The van der Waals surface area contributed by atoms with Crippen molar-refractivity contribution >= 4 is 26.3 Å². The average Bonchev–Trinajstić information content (AvgIpc) is 2.81. The van der Waals surface area contributed by atoms with E-state index in [2.05, 4.69) is 14.3 Å². The first-order valence-electron chi connectivity index (χ1n) is 12.3. The summed E-state index contributed by atoms with van der Waals surface area (Å²) < 4.78 is 37.8. The zero-order valence-corrected chi connectivity index (χ0v) is 22.2. The van der Waals surface area contributed by atoms with E-state index in [0.717, 1.165) is 40.6 Å². The second kappa shape index (κ2) is 11.2. The lowest BCUT2D eigenvalue weighted by atomic mass is 9.95. The van der Waals surface area contributed by atoms with Crippen LogP contribution in [0.25, 0.3) is 10.9 Å². The van der Waals surface area contributed by atoms with Crippen molar-refractivity contribution in [3.63, 3.8) is 0 Å². The van der Waals surface area contributed by atoms with Crippen LogP contribution in [0.2, 0.25) is 0 Å². The van der Waals surface area contributed by atoms with Crippen molar-refractivity contribution < 1.29 is 18.4 Å². The number of hydrogen-bond donors (Lipinski definition) is 1. The highest BCUT2D eigenvalue weighted by Gasteiger charge is 2.22. The van der Waals surface area contributed by atoms with E-state index < -0.39 is 9.73 Å². The average molecular weight is 515 g/mol. The molecule has 36 heavy (non-hydrogen) atoms. The van der Waals surface area contributed by atoms with E-state index >= 15 is 0 Å². The zero-order chi connectivity index (χ0) is 25.9. The van der Waals surface area contributed by atoms with E-state index in [4.69, 9.17) is 4.74 Å². The van der Waals surface area contributed by atoms with Crippen LogP contribution >= 0.6 is 0 Å². The smallest absolute Gasteiger partial charge is 0.126 e. The highest BCUT2D eigenvalue weighted by molar-refractivity contribution is 7.93. The van der Waals surface area contributed by atoms with E-state index in [1.165, 1.54) is 18.5 Å². The maximum atomic E-state index is 14.1. The Hall–Kier alpha value is -2.62. The molecule has 1 unspecified atom stereocenters. The fourth-order valence-electron chi connectivity index (χ4n) is 4.57. The van der Waals surface area contributed by atoms with Crippen molar-refractivity contribution in [3.8, 4) is 5.75 Å². The molecule has 9 heteroatoms. The Morgan fingerprint density at radius 1 is 1.17 bits per heavy atom. The van der Waals surface area contributed by atoms with Crippen molar-refractivity contribution in [2.75, 3.05) is 32.6 Å². The van der Waals surface area contributed by atoms with Gasteiger partial charge in [0, 0.05) is 51.7 Å². The molecule has 1 aliphatic rings. The second-order valence-electron chi connectivity index (χ2n) is 10.0.